The maximum Gasteiger partial charge on any atom is 0.259 e. The molecule has 0 fully saturated rings. The van der Waals surface area contributed by atoms with Gasteiger partial charge in [-0.3, -0.25) is 0 Å². The van der Waals surface area contributed by atoms with Crippen molar-refractivity contribution in [2.45, 2.75) is 13.8 Å². The van der Waals surface area contributed by atoms with E-state index in [0.717, 1.165) is 11.3 Å². The van der Waals surface area contributed by atoms with Gasteiger partial charge in [-0.15, -0.1) is 0 Å². The van der Waals surface area contributed by atoms with Crippen molar-refractivity contribution in [2.75, 3.05) is 0 Å². The van der Waals surface area contributed by atoms with Crippen LogP contribution < -0.4 is 0 Å². The van der Waals surface area contributed by atoms with E-state index in [4.69, 9.17) is 4.52 Å². The van der Waals surface area contributed by atoms with Crippen LogP contribution in [0.5, 0.6) is 0 Å². The number of aryl methyl sites for hydroxylation is 2. The molecule has 0 saturated carbocycles. The lowest BCUT2D eigenvalue weighted by Gasteiger charge is -1.95. The smallest absolute Gasteiger partial charge is 0.259 e. The highest BCUT2D eigenvalue weighted by Gasteiger charge is 2.09. The quantitative estimate of drug-likeness (QED) is 0.651. The fraction of sp³-hybridized carbons (Fsp3) is 0.250. The second kappa shape index (κ2) is 2.93. The minimum Gasteiger partial charge on any atom is -0.334 e. The average molecular weight is 176 g/mol. The zero-order chi connectivity index (χ0) is 9.26. The van der Waals surface area contributed by atoms with Gasteiger partial charge in [0.1, 0.15) is 0 Å². The summed E-state index contributed by atoms with van der Waals surface area (Å²) in [5, 5.41) is 11.3. The summed E-state index contributed by atoms with van der Waals surface area (Å²) < 4.78 is 5.00. The molecule has 0 spiro atoms. The predicted molar refractivity (Wildman–Crippen MR) is 44.8 cm³/mol. The van der Waals surface area contributed by atoms with E-state index in [0.29, 0.717) is 11.7 Å². The Balaban J connectivity index is 2.52. The average Bonchev–Trinajstić information content (AvgIpc) is 2.53. The first-order valence-electron chi connectivity index (χ1n) is 3.86. The van der Waals surface area contributed by atoms with Crippen LogP contribution in [0.15, 0.2) is 16.8 Å². The summed E-state index contributed by atoms with van der Waals surface area (Å²) >= 11 is 0. The van der Waals surface area contributed by atoms with Gasteiger partial charge in [0.15, 0.2) is 5.82 Å². The third kappa shape index (κ3) is 1.40. The summed E-state index contributed by atoms with van der Waals surface area (Å²) in [5.74, 6) is 1.11. The Kier molecular flexibility index (Phi) is 1.77. The van der Waals surface area contributed by atoms with Gasteiger partial charge in [0.25, 0.3) is 5.89 Å². The molecule has 5 heteroatoms. The number of hydrogen-bond donors (Lipinski definition) is 0. The van der Waals surface area contributed by atoms with E-state index < -0.39 is 0 Å². The fourth-order valence-electron chi connectivity index (χ4n) is 1.03. The molecule has 0 N–H and O–H groups in total. The maximum absolute atomic E-state index is 5.00. The lowest BCUT2D eigenvalue weighted by molar-refractivity contribution is 0.425. The highest BCUT2D eigenvalue weighted by Crippen LogP contribution is 2.17. The Bertz CT molecular complexity index is 424. The third-order valence-electron chi connectivity index (χ3n) is 1.66. The molecule has 0 radical (unpaired) electrons. The Morgan fingerprint density at radius 3 is 2.77 bits per heavy atom. The van der Waals surface area contributed by atoms with Gasteiger partial charge >= 0.3 is 0 Å². The van der Waals surface area contributed by atoms with Crippen LogP contribution >= 0.6 is 0 Å². The summed E-state index contributed by atoms with van der Waals surface area (Å²) in [5.41, 5.74) is 1.61. The summed E-state index contributed by atoms with van der Waals surface area (Å²) in [6, 6.07) is 1.80. The molecule has 13 heavy (non-hydrogen) atoms. The van der Waals surface area contributed by atoms with E-state index in [1.54, 1.807) is 19.2 Å². The van der Waals surface area contributed by atoms with Crippen LogP contribution in [0.3, 0.4) is 0 Å². The molecule has 0 amide bonds. The van der Waals surface area contributed by atoms with Gasteiger partial charge < -0.3 is 4.52 Å². The molecule has 0 aliphatic heterocycles. The van der Waals surface area contributed by atoms with Crippen molar-refractivity contribution in [1.29, 1.82) is 0 Å². The van der Waals surface area contributed by atoms with Crippen LogP contribution in [0, 0.1) is 13.8 Å². The highest BCUT2D eigenvalue weighted by atomic mass is 16.5. The van der Waals surface area contributed by atoms with Gasteiger partial charge in [-0.1, -0.05) is 5.16 Å². The van der Waals surface area contributed by atoms with Crippen molar-refractivity contribution in [1.82, 2.24) is 20.3 Å². The second-order valence-electron chi connectivity index (χ2n) is 2.68. The monoisotopic (exact) mass is 176 g/mol. The molecule has 5 nitrogen and oxygen atoms in total. The van der Waals surface area contributed by atoms with E-state index in [9.17, 15) is 0 Å². The molecule has 2 rings (SSSR count). The number of hydrogen-bond acceptors (Lipinski definition) is 5. The molecule has 0 saturated heterocycles. The molecule has 0 atom stereocenters. The normalized spacial score (nSPS) is 10.3. The lowest BCUT2D eigenvalue weighted by atomic mass is 10.2. The van der Waals surface area contributed by atoms with Crippen molar-refractivity contribution in [3.8, 4) is 11.5 Å². The minimum atomic E-state index is 0.491. The van der Waals surface area contributed by atoms with E-state index in [2.05, 4.69) is 20.3 Å². The lowest BCUT2D eigenvalue weighted by Crippen LogP contribution is -1.89. The van der Waals surface area contributed by atoms with E-state index in [1.165, 1.54) is 0 Å². The van der Waals surface area contributed by atoms with Crippen molar-refractivity contribution in [3.63, 3.8) is 0 Å². The van der Waals surface area contributed by atoms with Crippen LogP contribution in [-0.2, 0) is 0 Å². The van der Waals surface area contributed by atoms with E-state index >= 15 is 0 Å². The molecule has 2 aromatic heterocycles. The van der Waals surface area contributed by atoms with Crippen molar-refractivity contribution in [3.05, 3.63) is 23.8 Å². The highest BCUT2D eigenvalue weighted by molar-refractivity contribution is 5.54. The Morgan fingerprint density at radius 2 is 2.15 bits per heavy atom. The van der Waals surface area contributed by atoms with Crippen LogP contribution in [-0.4, -0.2) is 20.3 Å². The van der Waals surface area contributed by atoms with Crippen LogP contribution in [0.2, 0.25) is 0 Å². The molecular formula is C8H8N4O. The summed E-state index contributed by atoms with van der Waals surface area (Å²) in [7, 11) is 0. The SMILES string of the molecule is Cc1noc(-c2ccnnc2C)n1. The van der Waals surface area contributed by atoms with E-state index in [-0.39, 0.29) is 0 Å². The van der Waals surface area contributed by atoms with Crippen LogP contribution in [0.4, 0.5) is 0 Å². The molecule has 66 valence electrons. The molecule has 0 aromatic carbocycles. The van der Waals surface area contributed by atoms with Gasteiger partial charge in [-0.05, 0) is 19.9 Å². The Hall–Kier alpha value is -1.78. The van der Waals surface area contributed by atoms with Gasteiger partial charge in [-0.2, -0.15) is 15.2 Å². The summed E-state index contributed by atoms with van der Waals surface area (Å²) in [6.07, 6.45) is 1.60. The maximum atomic E-state index is 5.00. The van der Waals surface area contributed by atoms with Gasteiger partial charge in [-0.25, -0.2) is 0 Å². The standard InChI is InChI=1S/C8H8N4O/c1-5-7(3-4-9-11-5)8-10-6(2)12-13-8/h3-4H,1-2H3. The summed E-state index contributed by atoms with van der Waals surface area (Å²) in [4.78, 5) is 4.10. The summed E-state index contributed by atoms with van der Waals surface area (Å²) in [6.45, 7) is 3.62. The fourth-order valence-corrected chi connectivity index (χ4v) is 1.03. The molecular weight excluding hydrogens is 168 g/mol. The number of aromatic nitrogens is 4. The minimum absolute atomic E-state index is 0.491. The number of rotatable bonds is 1. The van der Waals surface area contributed by atoms with Crippen LogP contribution in [0.25, 0.3) is 11.5 Å². The predicted octanol–water partition coefficient (Wildman–Crippen LogP) is 1.14. The van der Waals surface area contributed by atoms with Gasteiger partial charge in [0, 0.05) is 0 Å². The second-order valence-corrected chi connectivity index (χ2v) is 2.68. The van der Waals surface area contributed by atoms with Crippen molar-refractivity contribution < 1.29 is 4.52 Å². The van der Waals surface area contributed by atoms with Crippen molar-refractivity contribution >= 4 is 0 Å². The largest absolute Gasteiger partial charge is 0.334 e. The Morgan fingerprint density at radius 1 is 1.31 bits per heavy atom. The van der Waals surface area contributed by atoms with Gasteiger partial charge in [0.05, 0.1) is 17.5 Å². The Labute approximate surface area is 74.8 Å². The molecule has 2 aromatic rings. The van der Waals surface area contributed by atoms with Gasteiger partial charge in [0.2, 0.25) is 0 Å². The first-order chi connectivity index (χ1) is 6.27. The first kappa shape index (κ1) is 7.85. The molecule has 0 bridgehead atoms. The zero-order valence-electron chi connectivity index (χ0n) is 7.35. The van der Waals surface area contributed by atoms with Crippen LogP contribution in [0.1, 0.15) is 11.5 Å². The topological polar surface area (TPSA) is 64.7 Å². The molecule has 2 heterocycles. The first-order valence-corrected chi connectivity index (χ1v) is 3.86. The zero-order valence-corrected chi connectivity index (χ0v) is 7.35. The molecule has 0 aliphatic rings. The van der Waals surface area contributed by atoms with Crippen molar-refractivity contribution in [2.24, 2.45) is 0 Å². The van der Waals surface area contributed by atoms with E-state index in [1.807, 2.05) is 6.92 Å². The third-order valence-corrected chi connectivity index (χ3v) is 1.66. The number of nitrogens with zero attached hydrogens (tertiary/aromatic N) is 4. The molecule has 0 aliphatic carbocycles. The molecule has 0 unspecified atom stereocenters.